The Morgan fingerprint density at radius 1 is 1.32 bits per heavy atom. The van der Waals surface area contributed by atoms with Crippen molar-refractivity contribution in [1.29, 1.82) is 0 Å². The SMILES string of the molecule is C/C=C/COc1ccc(S(N)(=O)=O)cc1C(C)(C)C. The molecule has 0 saturated heterocycles. The first-order valence-electron chi connectivity index (χ1n) is 6.07. The Hall–Kier alpha value is -1.33. The van der Waals surface area contributed by atoms with Gasteiger partial charge in [-0.3, -0.25) is 0 Å². The molecule has 0 bridgehead atoms. The van der Waals surface area contributed by atoms with E-state index in [-0.39, 0.29) is 10.3 Å². The first-order valence-corrected chi connectivity index (χ1v) is 7.62. The lowest BCUT2D eigenvalue weighted by molar-refractivity contribution is 0.350. The second-order valence-corrected chi connectivity index (χ2v) is 6.89. The number of hydrogen-bond donors (Lipinski definition) is 1. The van der Waals surface area contributed by atoms with E-state index < -0.39 is 10.0 Å². The van der Waals surface area contributed by atoms with Gasteiger partial charge in [0.15, 0.2) is 0 Å². The van der Waals surface area contributed by atoms with Gasteiger partial charge in [0.2, 0.25) is 10.0 Å². The number of primary sulfonamides is 1. The van der Waals surface area contributed by atoms with Crippen molar-refractivity contribution in [2.45, 2.75) is 38.0 Å². The zero-order chi connectivity index (χ0) is 14.7. The topological polar surface area (TPSA) is 69.4 Å². The lowest BCUT2D eigenvalue weighted by Crippen LogP contribution is -2.17. The maximum absolute atomic E-state index is 11.4. The summed E-state index contributed by atoms with van der Waals surface area (Å²) >= 11 is 0. The predicted octanol–water partition coefficient (Wildman–Crippen LogP) is 2.59. The van der Waals surface area contributed by atoms with Gasteiger partial charge in [-0.25, -0.2) is 13.6 Å². The van der Waals surface area contributed by atoms with Crippen molar-refractivity contribution in [1.82, 2.24) is 0 Å². The lowest BCUT2D eigenvalue weighted by atomic mass is 9.86. The third-order valence-corrected chi connectivity index (χ3v) is 3.57. The fourth-order valence-electron chi connectivity index (χ4n) is 1.63. The van der Waals surface area contributed by atoms with Gasteiger partial charge in [-0.2, -0.15) is 0 Å². The Morgan fingerprint density at radius 3 is 2.42 bits per heavy atom. The molecule has 1 rings (SSSR count). The Labute approximate surface area is 115 Å². The van der Waals surface area contributed by atoms with Crippen LogP contribution in [0.2, 0.25) is 0 Å². The highest BCUT2D eigenvalue weighted by Gasteiger charge is 2.21. The van der Waals surface area contributed by atoms with Crippen LogP contribution in [-0.2, 0) is 15.4 Å². The van der Waals surface area contributed by atoms with Gasteiger partial charge in [-0.05, 0) is 30.5 Å². The number of allylic oxidation sites excluding steroid dienone is 1. The molecule has 0 unspecified atom stereocenters. The highest BCUT2D eigenvalue weighted by atomic mass is 32.2. The summed E-state index contributed by atoms with van der Waals surface area (Å²) in [6, 6.07) is 4.71. The quantitative estimate of drug-likeness (QED) is 0.863. The molecule has 0 atom stereocenters. The van der Waals surface area contributed by atoms with Crippen LogP contribution in [0.5, 0.6) is 5.75 Å². The van der Waals surface area contributed by atoms with E-state index in [2.05, 4.69) is 0 Å². The number of rotatable bonds is 4. The van der Waals surface area contributed by atoms with Crippen molar-refractivity contribution in [2.75, 3.05) is 6.61 Å². The second-order valence-electron chi connectivity index (χ2n) is 5.33. The monoisotopic (exact) mass is 283 g/mol. The summed E-state index contributed by atoms with van der Waals surface area (Å²) in [5.74, 6) is 0.679. The standard InChI is InChI=1S/C14H21NO3S/c1-5-6-9-18-13-8-7-11(19(15,16)17)10-12(13)14(2,3)4/h5-8,10H,9H2,1-4H3,(H2,15,16,17)/b6-5+. The highest BCUT2D eigenvalue weighted by Crippen LogP contribution is 2.33. The molecule has 0 saturated carbocycles. The van der Waals surface area contributed by atoms with Crippen LogP contribution in [0.15, 0.2) is 35.2 Å². The summed E-state index contributed by atoms with van der Waals surface area (Å²) in [4.78, 5) is 0.107. The smallest absolute Gasteiger partial charge is 0.238 e. The van der Waals surface area contributed by atoms with E-state index in [9.17, 15) is 8.42 Å². The summed E-state index contributed by atoms with van der Waals surface area (Å²) in [7, 11) is -3.70. The molecule has 1 aromatic carbocycles. The van der Waals surface area contributed by atoms with E-state index in [4.69, 9.17) is 9.88 Å². The molecule has 2 N–H and O–H groups in total. The van der Waals surface area contributed by atoms with Crippen LogP contribution in [0, 0.1) is 0 Å². The number of ether oxygens (including phenoxy) is 1. The minimum atomic E-state index is -3.70. The minimum absolute atomic E-state index is 0.107. The maximum atomic E-state index is 11.4. The van der Waals surface area contributed by atoms with Gasteiger partial charge in [0.05, 0.1) is 4.90 Å². The Bertz CT molecular complexity index is 569. The molecule has 0 spiro atoms. The van der Waals surface area contributed by atoms with Gasteiger partial charge >= 0.3 is 0 Å². The first-order chi connectivity index (χ1) is 8.66. The minimum Gasteiger partial charge on any atom is -0.489 e. The lowest BCUT2D eigenvalue weighted by Gasteiger charge is -2.23. The molecule has 0 fully saturated rings. The normalized spacial score (nSPS) is 12.9. The molecule has 0 aliphatic rings. The fourth-order valence-corrected chi connectivity index (χ4v) is 2.17. The van der Waals surface area contributed by atoms with Gasteiger partial charge in [0, 0.05) is 5.56 Å². The van der Waals surface area contributed by atoms with Crippen molar-refractivity contribution in [3.05, 3.63) is 35.9 Å². The highest BCUT2D eigenvalue weighted by molar-refractivity contribution is 7.89. The van der Waals surface area contributed by atoms with E-state index in [1.54, 1.807) is 12.1 Å². The summed E-state index contributed by atoms with van der Waals surface area (Å²) in [6.07, 6.45) is 3.79. The van der Waals surface area contributed by atoms with Crippen LogP contribution in [-0.4, -0.2) is 15.0 Å². The van der Waals surface area contributed by atoms with Crippen molar-refractivity contribution >= 4 is 10.0 Å². The van der Waals surface area contributed by atoms with Crippen LogP contribution in [0.1, 0.15) is 33.3 Å². The molecule has 1 aromatic rings. The zero-order valence-electron chi connectivity index (χ0n) is 11.8. The Kier molecular flexibility index (Phi) is 4.76. The molecule has 19 heavy (non-hydrogen) atoms. The van der Waals surface area contributed by atoms with Crippen molar-refractivity contribution in [2.24, 2.45) is 5.14 Å². The van der Waals surface area contributed by atoms with Crippen LogP contribution in [0.25, 0.3) is 0 Å². The van der Waals surface area contributed by atoms with Gasteiger partial charge in [0.1, 0.15) is 12.4 Å². The Morgan fingerprint density at radius 2 is 1.95 bits per heavy atom. The second kappa shape index (κ2) is 5.75. The zero-order valence-corrected chi connectivity index (χ0v) is 12.6. The summed E-state index contributed by atoms with van der Waals surface area (Å²) in [5, 5.41) is 5.16. The summed E-state index contributed by atoms with van der Waals surface area (Å²) in [5.41, 5.74) is 0.593. The van der Waals surface area contributed by atoms with E-state index in [1.807, 2.05) is 39.8 Å². The van der Waals surface area contributed by atoms with Crippen LogP contribution < -0.4 is 9.88 Å². The summed E-state index contributed by atoms with van der Waals surface area (Å²) in [6.45, 7) is 8.36. The molecular weight excluding hydrogens is 262 g/mol. The van der Waals surface area contributed by atoms with Crippen LogP contribution >= 0.6 is 0 Å². The van der Waals surface area contributed by atoms with E-state index in [0.717, 1.165) is 5.56 Å². The number of sulfonamides is 1. The third kappa shape index (κ3) is 4.36. The van der Waals surface area contributed by atoms with Crippen molar-refractivity contribution in [3.63, 3.8) is 0 Å². The molecule has 0 aliphatic heterocycles. The van der Waals surface area contributed by atoms with Crippen LogP contribution in [0.3, 0.4) is 0 Å². The number of hydrogen-bond acceptors (Lipinski definition) is 3. The van der Waals surface area contributed by atoms with Crippen molar-refractivity contribution in [3.8, 4) is 5.75 Å². The molecular formula is C14H21NO3S. The van der Waals surface area contributed by atoms with Gasteiger partial charge in [-0.15, -0.1) is 0 Å². The van der Waals surface area contributed by atoms with Gasteiger partial charge < -0.3 is 4.74 Å². The molecule has 5 heteroatoms. The first kappa shape index (κ1) is 15.7. The number of benzene rings is 1. The Balaban J connectivity index is 3.25. The maximum Gasteiger partial charge on any atom is 0.238 e. The molecule has 0 heterocycles. The molecule has 0 amide bonds. The van der Waals surface area contributed by atoms with E-state index >= 15 is 0 Å². The van der Waals surface area contributed by atoms with E-state index in [1.165, 1.54) is 6.07 Å². The molecule has 0 aliphatic carbocycles. The van der Waals surface area contributed by atoms with Crippen LogP contribution in [0.4, 0.5) is 0 Å². The average Bonchev–Trinajstić information content (AvgIpc) is 2.27. The van der Waals surface area contributed by atoms with Crippen molar-refractivity contribution < 1.29 is 13.2 Å². The predicted molar refractivity (Wildman–Crippen MR) is 76.8 cm³/mol. The van der Waals surface area contributed by atoms with E-state index in [0.29, 0.717) is 12.4 Å². The third-order valence-electron chi connectivity index (χ3n) is 2.66. The van der Waals surface area contributed by atoms with Gasteiger partial charge in [0.25, 0.3) is 0 Å². The van der Waals surface area contributed by atoms with Gasteiger partial charge in [-0.1, -0.05) is 32.9 Å². The average molecular weight is 283 g/mol. The molecule has 106 valence electrons. The molecule has 4 nitrogen and oxygen atoms in total. The fraction of sp³-hybridized carbons (Fsp3) is 0.429. The largest absolute Gasteiger partial charge is 0.489 e. The molecule has 0 aromatic heterocycles. The summed E-state index contributed by atoms with van der Waals surface area (Å²) < 4.78 is 28.5. The number of nitrogens with two attached hydrogens (primary N) is 1. The molecule has 0 radical (unpaired) electrons.